The van der Waals surface area contributed by atoms with E-state index in [1.807, 2.05) is 19.1 Å². The number of hydrogen-bond donors (Lipinski definition) is 3. The Morgan fingerprint density at radius 3 is 2.65 bits per heavy atom. The van der Waals surface area contributed by atoms with E-state index in [9.17, 15) is 0 Å². The number of nitrogens with one attached hydrogen (secondary N) is 1. The largest absolute Gasteiger partial charge is 0.402 e. The number of aromatic nitrogens is 1. The minimum atomic E-state index is 0.179. The molecule has 0 spiro atoms. The number of dihydropyridines is 1. The number of hydrogen-bond acceptors (Lipinski definition) is 4. The molecule has 1 atom stereocenters. The fraction of sp³-hybridized carbons (Fsp3) is 0.171. The molecule has 2 aliphatic rings. The Morgan fingerprint density at radius 2 is 1.83 bits per heavy atom. The normalized spacial score (nSPS) is 17.0. The Hall–Kier alpha value is -5.42. The van der Waals surface area contributed by atoms with Crippen LogP contribution in [0.15, 0.2) is 145 Å². The van der Waals surface area contributed by atoms with E-state index in [-0.39, 0.29) is 6.04 Å². The SMILES string of the molecule is C/C(N)=C/C=C\Cc1ccc2c3ccc4cc(C5=CC=CC(CN(C)C6=C(N)CCC=C6)N5)ccc4c3n(-c3ccccc3)c2c1. The van der Waals surface area contributed by atoms with E-state index in [1.54, 1.807) is 0 Å². The topological polar surface area (TPSA) is 72.2 Å². The summed E-state index contributed by atoms with van der Waals surface area (Å²) >= 11 is 0. The zero-order chi connectivity index (χ0) is 31.6. The van der Waals surface area contributed by atoms with Gasteiger partial charge >= 0.3 is 0 Å². The van der Waals surface area contributed by atoms with Crippen molar-refractivity contribution in [1.82, 2.24) is 14.8 Å². The number of fused-ring (bicyclic) bond motifs is 5. The van der Waals surface area contributed by atoms with Crippen LogP contribution in [0.25, 0.3) is 44.0 Å². The van der Waals surface area contributed by atoms with Crippen LogP contribution in [0.1, 0.15) is 30.9 Å². The Bertz CT molecular complexity index is 2120. The molecule has 5 N–H and O–H groups in total. The summed E-state index contributed by atoms with van der Waals surface area (Å²) in [4.78, 5) is 2.26. The number of para-hydroxylation sites is 1. The average molecular weight is 604 g/mol. The third-order valence-corrected chi connectivity index (χ3v) is 9.00. The van der Waals surface area contributed by atoms with E-state index in [1.165, 1.54) is 43.7 Å². The number of nitrogens with two attached hydrogens (primary N) is 2. The van der Waals surface area contributed by atoms with Crippen molar-refractivity contribution in [1.29, 1.82) is 0 Å². The molecule has 0 bridgehead atoms. The molecular weight excluding hydrogens is 562 g/mol. The lowest BCUT2D eigenvalue weighted by Gasteiger charge is -2.30. The standard InChI is InChI=1S/C41H41N5/c1-28(42)11-6-7-12-29-19-22-35-36-24-20-30-26-31(21-23-34(30)41(36)46(40(35)25-29)33-14-4-3-5-15-33)38-17-10-13-32(44-38)27-45(2)39-18-9-8-16-37(39)43/h3-7,9-11,13-15,17-26,32,44H,8,12,16,27,42-43H2,1-2H3/b7-6-,28-11-. The molecule has 0 amide bonds. The molecule has 0 saturated carbocycles. The van der Waals surface area contributed by atoms with Crippen molar-refractivity contribution in [2.75, 3.05) is 13.6 Å². The van der Waals surface area contributed by atoms with Crippen LogP contribution in [0.2, 0.25) is 0 Å². The minimum absolute atomic E-state index is 0.179. The summed E-state index contributed by atoms with van der Waals surface area (Å²) < 4.78 is 2.43. The molecule has 1 aliphatic heterocycles. The monoisotopic (exact) mass is 603 g/mol. The van der Waals surface area contributed by atoms with Crippen molar-refractivity contribution in [3.8, 4) is 5.69 Å². The van der Waals surface area contributed by atoms with Crippen molar-refractivity contribution in [2.24, 2.45) is 11.5 Å². The third kappa shape index (κ3) is 5.72. The predicted octanol–water partition coefficient (Wildman–Crippen LogP) is 8.22. The molecule has 1 aliphatic carbocycles. The molecule has 5 aromatic rings. The Kier molecular flexibility index (Phi) is 7.98. The first-order chi connectivity index (χ1) is 22.5. The maximum atomic E-state index is 6.34. The van der Waals surface area contributed by atoms with Gasteiger partial charge in [-0.1, -0.05) is 85.0 Å². The van der Waals surface area contributed by atoms with Crippen LogP contribution >= 0.6 is 0 Å². The lowest BCUT2D eigenvalue weighted by molar-refractivity contribution is 0.393. The highest BCUT2D eigenvalue weighted by atomic mass is 15.1. The minimum Gasteiger partial charge on any atom is -0.402 e. The molecule has 46 heavy (non-hydrogen) atoms. The van der Waals surface area contributed by atoms with Crippen LogP contribution in [0.3, 0.4) is 0 Å². The predicted molar refractivity (Wildman–Crippen MR) is 195 cm³/mol. The molecule has 0 fully saturated rings. The lowest BCUT2D eigenvalue weighted by Crippen LogP contribution is -2.38. The fourth-order valence-corrected chi connectivity index (χ4v) is 6.75. The first kappa shape index (κ1) is 29.3. The van der Waals surface area contributed by atoms with Gasteiger partial charge in [-0.2, -0.15) is 0 Å². The maximum absolute atomic E-state index is 6.34. The third-order valence-electron chi connectivity index (χ3n) is 9.00. The fourth-order valence-electron chi connectivity index (χ4n) is 6.75. The smallest absolute Gasteiger partial charge is 0.0622 e. The summed E-state index contributed by atoms with van der Waals surface area (Å²) in [5.74, 6) is 0. The van der Waals surface area contributed by atoms with Gasteiger partial charge in [0.25, 0.3) is 0 Å². The van der Waals surface area contributed by atoms with Crippen LogP contribution < -0.4 is 16.8 Å². The molecule has 5 nitrogen and oxygen atoms in total. The maximum Gasteiger partial charge on any atom is 0.0622 e. The highest BCUT2D eigenvalue weighted by Gasteiger charge is 2.19. The summed E-state index contributed by atoms with van der Waals surface area (Å²) in [6.07, 6.45) is 19.9. The van der Waals surface area contributed by atoms with Gasteiger partial charge in [-0.15, -0.1) is 0 Å². The van der Waals surface area contributed by atoms with Gasteiger partial charge in [0.1, 0.15) is 0 Å². The first-order valence-electron chi connectivity index (χ1n) is 16.1. The first-order valence-corrected chi connectivity index (χ1v) is 16.1. The number of nitrogens with zero attached hydrogens (tertiary/aromatic N) is 2. The summed E-state index contributed by atoms with van der Waals surface area (Å²) in [5, 5.41) is 8.74. The van der Waals surface area contributed by atoms with E-state index in [2.05, 4.69) is 137 Å². The van der Waals surface area contributed by atoms with Gasteiger partial charge in [-0.3, -0.25) is 0 Å². The van der Waals surface area contributed by atoms with Crippen LogP contribution in [-0.2, 0) is 6.42 Å². The molecule has 0 saturated heterocycles. The molecule has 5 heteroatoms. The quantitative estimate of drug-likeness (QED) is 0.156. The van der Waals surface area contributed by atoms with Crippen LogP contribution in [0.4, 0.5) is 0 Å². The van der Waals surface area contributed by atoms with Crippen LogP contribution in [-0.4, -0.2) is 29.1 Å². The van der Waals surface area contributed by atoms with Crippen LogP contribution in [0, 0.1) is 0 Å². The molecule has 1 aromatic heterocycles. The highest BCUT2D eigenvalue weighted by molar-refractivity contribution is 6.18. The van der Waals surface area contributed by atoms with Crippen molar-refractivity contribution >= 4 is 38.3 Å². The van der Waals surface area contributed by atoms with E-state index < -0.39 is 0 Å². The zero-order valence-corrected chi connectivity index (χ0v) is 26.6. The van der Waals surface area contributed by atoms with Gasteiger partial charge in [-0.05, 0) is 85.2 Å². The van der Waals surface area contributed by atoms with E-state index >= 15 is 0 Å². The van der Waals surface area contributed by atoms with Crippen molar-refractivity contribution in [3.05, 3.63) is 156 Å². The van der Waals surface area contributed by atoms with Crippen LogP contribution in [0.5, 0.6) is 0 Å². The molecule has 230 valence electrons. The average Bonchev–Trinajstić information content (AvgIpc) is 3.41. The Labute approximate surface area is 271 Å². The second kappa shape index (κ2) is 12.5. The van der Waals surface area contributed by atoms with Gasteiger partial charge in [0.15, 0.2) is 0 Å². The molecule has 7 rings (SSSR count). The van der Waals surface area contributed by atoms with Gasteiger partial charge in [0, 0.05) is 52.5 Å². The van der Waals surface area contributed by atoms with E-state index in [0.29, 0.717) is 0 Å². The lowest BCUT2D eigenvalue weighted by atomic mass is 10.00. The van der Waals surface area contributed by atoms with Gasteiger partial charge in [0.05, 0.1) is 22.8 Å². The molecular formula is C41H41N5. The number of allylic oxidation sites excluding steroid dienone is 9. The molecule has 2 heterocycles. The molecule has 1 unspecified atom stereocenters. The second-order valence-corrected chi connectivity index (χ2v) is 12.4. The van der Waals surface area contributed by atoms with Crippen molar-refractivity contribution in [3.63, 3.8) is 0 Å². The molecule has 0 radical (unpaired) electrons. The van der Waals surface area contributed by atoms with Gasteiger partial charge < -0.3 is 26.3 Å². The van der Waals surface area contributed by atoms with E-state index in [0.717, 1.165) is 54.3 Å². The van der Waals surface area contributed by atoms with Gasteiger partial charge in [0.2, 0.25) is 0 Å². The summed E-state index contributed by atoms with van der Waals surface area (Å²) in [6.45, 7) is 2.74. The Morgan fingerprint density at radius 1 is 1.00 bits per heavy atom. The summed E-state index contributed by atoms with van der Waals surface area (Å²) in [5.41, 5.74) is 22.2. The number of likely N-dealkylation sites (N-methyl/N-ethyl adjacent to an activating group) is 1. The summed E-state index contributed by atoms with van der Waals surface area (Å²) in [7, 11) is 2.12. The second-order valence-electron chi connectivity index (χ2n) is 12.4. The van der Waals surface area contributed by atoms with E-state index in [4.69, 9.17) is 11.5 Å². The highest BCUT2D eigenvalue weighted by Crippen LogP contribution is 2.38. The van der Waals surface area contributed by atoms with Crippen molar-refractivity contribution in [2.45, 2.75) is 32.2 Å². The van der Waals surface area contributed by atoms with Crippen molar-refractivity contribution < 1.29 is 0 Å². The Balaban J connectivity index is 1.25. The number of benzene rings is 4. The molecule has 4 aromatic carbocycles. The zero-order valence-electron chi connectivity index (χ0n) is 26.6. The van der Waals surface area contributed by atoms with Gasteiger partial charge in [-0.25, -0.2) is 0 Å². The number of rotatable bonds is 8. The summed E-state index contributed by atoms with van der Waals surface area (Å²) in [6, 6.07) is 29.1.